The number of aromatic nitrogens is 1. The van der Waals surface area contributed by atoms with E-state index in [-0.39, 0.29) is 0 Å². The van der Waals surface area contributed by atoms with Crippen LogP contribution in [0.2, 0.25) is 0 Å². The van der Waals surface area contributed by atoms with Crippen molar-refractivity contribution in [2.24, 2.45) is 5.92 Å². The molecule has 21 heavy (non-hydrogen) atoms. The Labute approximate surface area is 129 Å². The molecule has 1 aromatic heterocycles. The fourth-order valence-electron chi connectivity index (χ4n) is 4.06. The molecule has 3 nitrogen and oxygen atoms in total. The van der Waals surface area contributed by atoms with Crippen molar-refractivity contribution < 1.29 is 0 Å². The molecule has 0 aromatic carbocycles. The summed E-state index contributed by atoms with van der Waals surface area (Å²) in [5.74, 6) is 0.915. The van der Waals surface area contributed by atoms with Crippen molar-refractivity contribution in [3.8, 4) is 0 Å². The number of nitrogens with zero attached hydrogens (tertiary/aromatic N) is 2. The summed E-state index contributed by atoms with van der Waals surface area (Å²) in [5, 5.41) is 3.56. The lowest BCUT2D eigenvalue weighted by Crippen LogP contribution is -2.47. The van der Waals surface area contributed by atoms with Gasteiger partial charge in [0.05, 0.1) is 11.9 Å². The second-order valence-electron chi connectivity index (χ2n) is 6.99. The quantitative estimate of drug-likeness (QED) is 0.914. The van der Waals surface area contributed by atoms with Gasteiger partial charge >= 0.3 is 0 Å². The summed E-state index contributed by atoms with van der Waals surface area (Å²) in [6, 6.07) is 3.47. The van der Waals surface area contributed by atoms with E-state index in [1.807, 2.05) is 6.20 Å². The summed E-state index contributed by atoms with van der Waals surface area (Å²) in [7, 11) is 0. The lowest BCUT2D eigenvalue weighted by Gasteiger charge is -2.46. The SMILES string of the molecule is CC(C)NCc1ccncc1N1CCCC2CCCCC21. The van der Waals surface area contributed by atoms with E-state index in [4.69, 9.17) is 0 Å². The Hall–Kier alpha value is -1.09. The first-order chi connectivity index (χ1) is 10.3. The van der Waals surface area contributed by atoms with Gasteiger partial charge in [0.2, 0.25) is 0 Å². The Morgan fingerprint density at radius 2 is 2.05 bits per heavy atom. The Balaban J connectivity index is 1.81. The van der Waals surface area contributed by atoms with Crippen LogP contribution in [0.15, 0.2) is 18.5 Å². The van der Waals surface area contributed by atoms with Crippen LogP contribution in [-0.2, 0) is 6.54 Å². The van der Waals surface area contributed by atoms with Crippen LogP contribution in [0.4, 0.5) is 5.69 Å². The van der Waals surface area contributed by atoms with Crippen LogP contribution in [0.25, 0.3) is 0 Å². The van der Waals surface area contributed by atoms with Gasteiger partial charge < -0.3 is 10.2 Å². The Morgan fingerprint density at radius 1 is 1.24 bits per heavy atom. The molecule has 0 radical (unpaired) electrons. The van der Waals surface area contributed by atoms with Crippen LogP contribution in [0.3, 0.4) is 0 Å². The molecule has 116 valence electrons. The summed E-state index contributed by atoms with van der Waals surface area (Å²) in [6.07, 6.45) is 12.4. The highest BCUT2D eigenvalue weighted by atomic mass is 15.2. The minimum Gasteiger partial charge on any atom is -0.367 e. The van der Waals surface area contributed by atoms with Crippen LogP contribution in [-0.4, -0.2) is 23.6 Å². The molecule has 1 aliphatic heterocycles. The standard InChI is InChI=1S/C18H29N3/c1-14(2)20-12-16-9-10-19-13-18(16)21-11-5-7-15-6-3-4-8-17(15)21/h9-10,13-15,17,20H,3-8,11-12H2,1-2H3. The number of rotatable bonds is 4. The van der Waals surface area contributed by atoms with Gasteiger partial charge in [-0.1, -0.05) is 26.7 Å². The average molecular weight is 287 g/mol. The van der Waals surface area contributed by atoms with E-state index in [0.29, 0.717) is 6.04 Å². The molecule has 0 amide bonds. The molecule has 3 rings (SSSR count). The fourth-order valence-corrected chi connectivity index (χ4v) is 4.06. The number of fused-ring (bicyclic) bond motifs is 1. The van der Waals surface area contributed by atoms with E-state index in [9.17, 15) is 0 Å². The van der Waals surface area contributed by atoms with Gasteiger partial charge in [0.15, 0.2) is 0 Å². The van der Waals surface area contributed by atoms with Gasteiger partial charge in [-0.05, 0) is 43.2 Å². The first-order valence-corrected chi connectivity index (χ1v) is 8.68. The van der Waals surface area contributed by atoms with Gasteiger partial charge in [-0.15, -0.1) is 0 Å². The summed E-state index contributed by atoms with van der Waals surface area (Å²) >= 11 is 0. The fraction of sp³-hybridized carbons (Fsp3) is 0.722. The highest BCUT2D eigenvalue weighted by Crippen LogP contribution is 2.38. The molecular formula is C18H29N3. The number of hydrogen-bond donors (Lipinski definition) is 1. The van der Waals surface area contributed by atoms with E-state index in [0.717, 1.165) is 18.5 Å². The van der Waals surface area contributed by atoms with Crippen LogP contribution in [0.5, 0.6) is 0 Å². The van der Waals surface area contributed by atoms with Crippen molar-refractivity contribution in [1.29, 1.82) is 0 Å². The molecule has 1 saturated heterocycles. The molecule has 2 unspecified atom stereocenters. The number of anilines is 1. The van der Waals surface area contributed by atoms with Crippen LogP contribution in [0.1, 0.15) is 57.9 Å². The predicted molar refractivity (Wildman–Crippen MR) is 88.5 cm³/mol. The number of pyridine rings is 1. The van der Waals surface area contributed by atoms with E-state index < -0.39 is 0 Å². The van der Waals surface area contributed by atoms with Gasteiger partial charge in [-0.25, -0.2) is 0 Å². The molecule has 1 aliphatic carbocycles. The van der Waals surface area contributed by atoms with E-state index in [1.54, 1.807) is 0 Å². The van der Waals surface area contributed by atoms with Gasteiger partial charge in [0.25, 0.3) is 0 Å². The van der Waals surface area contributed by atoms with Crippen molar-refractivity contribution in [2.45, 2.75) is 71.0 Å². The molecule has 3 heteroatoms. The molecule has 1 N–H and O–H groups in total. The Bertz CT molecular complexity index is 456. The Kier molecular flexibility index (Phi) is 4.79. The van der Waals surface area contributed by atoms with Crippen LogP contribution in [0, 0.1) is 5.92 Å². The zero-order valence-corrected chi connectivity index (χ0v) is 13.5. The third kappa shape index (κ3) is 3.39. The van der Waals surface area contributed by atoms with Crippen LogP contribution >= 0.6 is 0 Å². The maximum absolute atomic E-state index is 4.42. The van der Waals surface area contributed by atoms with E-state index >= 15 is 0 Å². The molecular weight excluding hydrogens is 258 g/mol. The second-order valence-corrected chi connectivity index (χ2v) is 6.99. The summed E-state index contributed by atoms with van der Waals surface area (Å²) < 4.78 is 0. The molecule has 2 aliphatic rings. The van der Waals surface area contributed by atoms with Gasteiger partial charge in [-0.2, -0.15) is 0 Å². The lowest BCUT2D eigenvalue weighted by atomic mass is 9.78. The van der Waals surface area contributed by atoms with Gasteiger partial charge in [0.1, 0.15) is 0 Å². The molecule has 1 aromatic rings. The predicted octanol–water partition coefficient (Wildman–Crippen LogP) is 3.74. The van der Waals surface area contributed by atoms with Crippen molar-refractivity contribution >= 4 is 5.69 Å². The maximum Gasteiger partial charge on any atom is 0.0600 e. The maximum atomic E-state index is 4.42. The molecule has 1 saturated carbocycles. The number of piperidine rings is 1. The topological polar surface area (TPSA) is 28.2 Å². The van der Waals surface area contributed by atoms with Gasteiger partial charge in [0, 0.05) is 31.4 Å². The smallest absolute Gasteiger partial charge is 0.0600 e. The Morgan fingerprint density at radius 3 is 2.90 bits per heavy atom. The van der Waals surface area contributed by atoms with Crippen molar-refractivity contribution in [3.63, 3.8) is 0 Å². The third-order valence-corrected chi connectivity index (χ3v) is 5.14. The monoisotopic (exact) mass is 287 g/mol. The number of nitrogens with one attached hydrogen (secondary N) is 1. The van der Waals surface area contributed by atoms with Crippen molar-refractivity contribution in [1.82, 2.24) is 10.3 Å². The summed E-state index contributed by atoms with van der Waals surface area (Å²) in [5.41, 5.74) is 2.78. The molecule has 2 atom stereocenters. The molecule has 2 fully saturated rings. The normalized spacial score (nSPS) is 26.0. The van der Waals surface area contributed by atoms with Crippen molar-refractivity contribution in [3.05, 3.63) is 24.0 Å². The second kappa shape index (κ2) is 6.78. The third-order valence-electron chi connectivity index (χ3n) is 5.14. The molecule has 0 bridgehead atoms. The first-order valence-electron chi connectivity index (χ1n) is 8.68. The first kappa shape index (κ1) is 14.8. The van der Waals surface area contributed by atoms with Gasteiger partial charge in [-0.3, -0.25) is 4.98 Å². The molecule has 2 heterocycles. The minimum atomic E-state index is 0.523. The zero-order valence-electron chi connectivity index (χ0n) is 13.5. The number of hydrogen-bond acceptors (Lipinski definition) is 3. The average Bonchev–Trinajstić information content (AvgIpc) is 2.53. The highest BCUT2D eigenvalue weighted by molar-refractivity contribution is 5.53. The largest absolute Gasteiger partial charge is 0.367 e. The van der Waals surface area contributed by atoms with E-state index in [1.165, 1.54) is 56.3 Å². The lowest BCUT2D eigenvalue weighted by molar-refractivity contribution is 0.243. The van der Waals surface area contributed by atoms with Crippen LogP contribution < -0.4 is 10.2 Å². The summed E-state index contributed by atoms with van der Waals surface area (Å²) in [6.45, 7) is 6.57. The molecule has 0 spiro atoms. The van der Waals surface area contributed by atoms with E-state index in [2.05, 4.69) is 41.3 Å². The van der Waals surface area contributed by atoms with Crippen molar-refractivity contribution in [2.75, 3.05) is 11.4 Å². The minimum absolute atomic E-state index is 0.523. The zero-order chi connectivity index (χ0) is 14.7. The summed E-state index contributed by atoms with van der Waals surface area (Å²) in [4.78, 5) is 7.09. The highest BCUT2D eigenvalue weighted by Gasteiger charge is 2.34.